The van der Waals surface area contributed by atoms with Crippen LogP contribution in [0, 0.1) is 0 Å². The lowest BCUT2D eigenvalue weighted by Crippen LogP contribution is -2.50. The number of hydrogen-bond acceptors (Lipinski definition) is 5. The summed E-state index contributed by atoms with van der Waals surface area (Å²) in [6.07, 6.45) is 5.57. The summed E-state index contributed by atoms with van der Waals surface area (Å²) in [5, 5.41) is 6.95. The van der Waals surface area contributed by atoms with Gasteiger partial charge in [-0.15, -0.1) is 0 Å². The van der Waals surface area contributed by atoms with Gasteiger partial charge in [0.2, 0.25) is 0 Å². The molecule has 8 heteroatoms. The highest BCUT2D eigenvalue weighted by atomic mass is 32.2. The Bertz CT molecular complexity index is 616. The molecule has 2 bridgehead atoms. The summed E-state index contributed by atoms with van der Waals surface area (Å²) in [4.78, 5) is 12.4. The molecule has 0 aliphatic carbocycles. The summed E-state index contributed by atoms with van der Waals surface area (Å²) in [6, 6.07) is 2.45. The maximum atomic E-state index is 12.4. The molecule has 1 aromatic rings. The normalized spacial score (nSPS) is 32.5. The van der Waals surface area contributed by atoms with Crippen molar-refractivity contribution >= 4 is 16.9 Å². The zero-order chi connectivity index (χ0) is 16.0. The minimum Gasteiger partial charge on any atom is -0.380 e. The fraction of sp³-hybridized carbons (Fsp3) is 0.733. The molecule has 0 spiro atoms. The lowest BCUT2D eigenvalue weighted by atomic mass is 9.99. The monoisotopic (exact) mass is 339 g/mol. The van der Waals surface area contributed by atoms with Crippen molar-refractivity contribution in [1.29, 1.82) is 0 Å². The SMILES string of the molecule is CS(=O)N1C2CCC1CC(NC(=O)c1cc(C3COC3)on1)C2. The van der Waals surface area contributed by atoms with Crippen molar-refractivity contribution in [1.82, 2.24) is 14.8 Å². The van der Waals surface area contributed by atoms with Crippen molar-refractivity contribution in [3.8, 4) is 0 Å². The van der Waals surface area contributed by atoms with Gasteiger partial charge in [-0.05, 0) is 25.7 Å². The van der Waals surface area contributed by atoms with E-state index in [2.05, 4.69) is 14.8 Å². The van der Waals surface area contributed by atoms with E-state index in [1.54, 1.807) is 12.3 Å². The first-order valence-electron chi connectivity index (χ1n) is 8.09. The lowest BCUT2D eigenvalue weighted by molar-refractivity contribution is -0.00228. The van der Waals surface area contributed by atoms with Crippen molar-refractivity contribution in [2.45, 2.75) is 49.7 Å². The van der Waals surface area contributed by atoms with E-state index in [0.717, 1.165) is 31.4 Å². The van der Waals surface area contributed by atoms with Crippen LogP contribution in [0.5, 0.6) is 0 Å². The Labute approximate surface area is 137 Å². The van der Waals surface area contributed by atoms with Gasteiger partial charge in [0.1, 0.15) is 5.76 Å². The highest BCUT2D eigenvalue weighted by Gasteiger charge is 2.43. The first kappa shape index (κ1) is 15.3. The molecule has 7 nitrogen and oxygen atoms in total. The minimum absolute atomic E-state index is 0.118. The Balaban J connectivity index is 1.38. The van der Waals surface area contributed by atoms with Gasteiger partial charge in [-0.25, -0.2) is 8.51 Å². The van der Waals surface area contributed by atoms with E-state index in [1.807, 2.05) is 0 Å². The standard InChI is InChI=1S/C15H21N3O4S/c1-23(20)18-11-2-3-12(18)5-10(4-11)16-15(19)13-6-14(22-17-13)9-7-21-8-9/h6,9-12H,2-5,7-8H2,1H3,(H,16,19). The topological polar surface area (TPSA) is 84.7 Å². The lowest BCUT2D eigenvalue weighted by Gasteiger charge is -2.37. The number of rotatable bonds is 4. The van der Waals surface area contributed by atoms with Gasteiger partial charge in [-0.3, -0.25) is 4.79 Å². The van der Waals surface area contributed by atoms with Crippen LogP contribution in [0.1, 0.15) is 47.8 Å². The third kappa shape index (κ3) is 2.83. The van der Waals surface area contributed by atoms with Crippen molar-refractivity contribution in [3.05, 3.63) is 17.5 Å². The van der Waals surface area contributed by atoms with Crippen LogP contribution >= 0.6 is 0 Å². The average molecular weight is 339 g/mol. The van der Waals surface area contributed by atoms with Crippen molar-refractivity contribution < 1.29 is 18.3 Å². The number of aromatic nitrogens is 1. The number of piperidine rings is 1. The Kier molecular flexibility index (Phi) is 3.98. The van der Waals surface area contributed by atoms with Gasteiger partial charge >= 0.3 is 0 Å². The quantitative estimate of drug-likeness (QED) is 0.877. The Hall–Kier alpha value is -1.25. The second-order valence-corrected chi connectivity index (χ2v) is 7.93. The predicted octanol–water partition coefficient (Wildman–Crippen LogP) is 0.807. The molecular formula is C15H21N3O4S. The molecule has 1 N–H and O–H groups in total. The summed E-state index contributed by atoms with van der Waals surface area (Å²) in [5.41, 5.74) is 0.334. The fourth-order valence-corrected chi connectivity index (χ4v) is 5.14. The number of carbonyl (C=O) groups is 1. The van der Waals surface area contributed by atoms with Crippen LogP contribution in [0.3, 0.4) is 0 Å². The maximum Gasteiger partial charge on any atom is 0.273 e. The zero-order valence-corrected chi connectivity index (χ0v) is 13.9. The molecule has 3 unspecified atom stereocenters. The molecule has 3 aliphatic rings. The van der Waals surface area contributed by atoms with Gasteiger partial charge in [-0.2, -0.15) is 0 Å². The fourth-order valence-electron chi connectivity index (χ4n) is 3.92. The van der Waals surface area contributed by atoms with Gasteiger partial charge in [0.05, 0.1) is 30.1 Å². The molecular weight excluding hydrogens is 318 g/mol. The third-order valence-electron chi connectivity index (χ3n) is 5.10. The number of amides is 1. The number of nitrogens with one attached hydrogen (secondary N) is 1. The average Bonchev–Trinajstić information content (AvgIpc) is 3.01. The highest BCUT2D eigenvalue weighted by molar-refractivity contribution is 7.81. The second kappa shape index (κ2) is 5.99. The summed E-state index contributed by atoms with van der Waals surface area (Å²) in [6.45, 7) is 1.26. The van der Waals surface area contributed by atoms with Crippen molar-refractivity contribution in [3.63, 3.8) is 0 Å². The molecule has 1 aromatic heterocycles. The maximum absolute atomic E-state index is 12.4. The van der Waals surface area contributed by atoms with E-state index < -0.39 is 11.0 Å². The smallest absolute Gasteiger partial charge is 0.273 e. The molecule has 0 aromatic carbocycles. The molecule has 4 heterocycles. The summed E-state index contributed by atoms with van der Waals surface area (Å²) in [7, 11) is -0.929. The van der Waals surface area contributed by atoms with E-state index in [1.165, 1.54) is 0 Å². The van der Waals surface area contributed by atoms with Crippen molar-refractivity contribution in [2.75, 3.05) is 19.5 Å². The summed E-state index contributed by atoms with van der Waals surface area (Å²) >= 11 is 0. The van der Waals surface area contributed by atoms with Crippen LogP contribution < -0.4 is 5.32 Å². The van der Waals surface area contributed by atoms with Crippen LogP contribution in [-0.2, 0) is 15.7 Å². The van der Waals surface area contributed by atoms with Crippen LogP contribution in [0.15, 0.2) is 10.6 Å². The molecule has 0 radical (unpaired) electrons. The van der Waals surface area contributed by atoms with E-state index in [-0.39, 0.29) is 17.9 Å². The number of nitrogens with zero attached hydrogens (tertiary/aromatic N) is 2. The molecule has 4 rings (SSSR count). The summed E-state index contributed by atoms with van der Waals surface area (Å²) < 4.78 is 24.3. The number of hydrogen-bond donors (Lipinski definition) is 1. The number of ether oxygens (including phenoxy) is 1. The molecule has 3 fully saturated rings. The Morgan fingerprint density at radius 1 is 1.35 bits per heavy atom. The number of fused-ring (bicyclic) bond motifs is 2. The van der Waals surface area contributed by atoms with Gasteiger partial charge in [0.15, 0.2) is 5.69 Å². The molecule has 3 aliphatic heterocycles. The van der Waals surface area contributed by atoms with E-state index in [4.69, 9.17) is 9.26 Å². The van der Waals surface area contributed by atoms with E-state index in [9.17, 15) is 9.00 Å². The van der Waals surface area contributed by atoms with Crippen LogP contribution in [-0.4, -0.2) is 57.2 Å². The molecule has 0 saturated carbocycles. The molecule has 126 valence electrons. The molecule has 3 atom stereocenters. The first-order valence-corrected chi connectivity index (χ1v) is 9.60. The van der Waals surface area contributed by atoms with Gasteiger partial charge in [0, 0.05) is 30.4 Å². The van der Waals surface area contributed by atoms with E-state index >= 15 is 0 Å². The largest absolute Gasteiger partial charge is 0.380 e. The molecule has 1 amide bonds. The minimum atomic E-state index is -0.929. The van der Waals surface area contributed by atoms with E-state index in [0.29, 0.717) is 31.0 Å². The first-order chi connectivity index (χ1) is 11.1. The van der Waals surface area contributed by atoms with Gasteiger partial charge < -0.3 is 14.6 Å². The summed E-state index contributed by atoms with van der Waals surface area (Å²) in [5.74, 6) is 0.760. The van der Waals surface area contributed by atoms with Crippen molar-refractivity contribution in [2.24, 2.45) is 0 Å². The van der Waals surface area contributed by atoms with Gasteiger partial charge in [-0.1, -0.05) is 5.16 Å². The predicted molar refractivity (Wildman–Crippen MR) is 83.3 cm³/mol. The Morgan fingerprint density at radius 3 is 2.61 bits per heavy atom. The number of carbonyl (C=O) groups excluding carboxylic acids is 1. The van der Waals surface area contributed by atoms with Gasteiger partial charge in [0.25, 0.3) is 5.91 Å². The highest BCUT2D eigenvalue weighted by Crippen LogP contribution is 2.36. The molecule has 23 heavy (non-hydrogen) atoms. The molecule has 3 saturated heterocycles. The second-order valence-electron chi connectivity index (χ2n) is 6.66. The van der Waals surface area contributed by atoms with Crippen LogP contribution in [0.25, 0.3) is 0 Å². The Morgan fingerprint density at radius 2 is 2.04 bits per heavy atom. The van der Waals surface area contributed by atoms with Crippen LogP contribution in [0.2, 0.25) is 0 Å². The van der Waals surface area contributed by atoms with Crippen LogP contribution in [0.4, 0.5) is 0 Å². The zero-order valence-electron chi connectivity index (χ0n) is 13.1. The third-order valence-corrected chi connectivity index (χ3v) is 6.29.